The number of aromatic nitrogens is 2. The Morgan fingerprint density at radius 3 is 2.81 bits per heavy atom. The van der Waals surface area contributed by atoms with Crippen molar-refractivity contribution in [3.8, 4) is 0 Å². The van der Waals surface area contributed by atoms with Crippen LogP contribution in [-0.2, 0) is 4.79 Å². The molecule has 1 atom stereocenters. The topological polar surface area (TPSA) is 74.8 Å². The van der Waals surface area contributed by atoms with Crippen LogP contribution >= 0.6 is 11.8 Å². The van der Waals surface area contributed by atoms with Gasteiger partial charge in [-0.3, -0.25) is 9.59 Å². The number of anilines is 1. The number of carbonyl (C=O) groups is 1. The number of aryl methyl sites for hydroxylation is 2. The van der Waals surface area contributed by atoms with E-state index in [4.69, 9.17) is 0 Å². The second kappa shape index (κ2) is 7.74. The number of nitrogens with one attached hydrogen (secondary N) is 2. The highest BCUT2D eigenvalue weighted by atomic mass is 32.2. The molecule has 1 aromatic heterocycles. The van der Waals surface area contributed by atoms with Gasteiger partial charge in [0, 0.05) is 5.69 Å². The summed E-state index contributed by atoms with van der Waals surface area (Å²) in [5.74, 6) is 0.794. The maximum absolute atomic E-state index is 12.3. The van der Waals surface area contributed by atoms with E-state index in [0.717, 1.165) is 16.8 Å². The van der Waals surface area contributed by atoms with Crippen LogP contribution in [0, 0.1) is 13.8 Å². The summed E-state index contributed by atoms with van der Waals surface area (Å²) in [6, 6.07) is 13.2. The third-order valence-electron chi connectivity index (χ3n) is 4.15. The molecule has 0 aliphatic rings. The van der Waals surface area contributed by atoms with Crippen LogP contribution in [0.3, 0.4) is 0 Å². The van der Waals surface area contributed by atoms with Gasteiger partial charge in [-0.25, -0.2) is 4.98 Å². The summed E-state index contributed by atoms with van der Waals surface area (Å²) in [6.45, 7) is 5.89. The van der Waals surface area contributed by atoms with Crippen LogP contribution in [0.1, 0.15) is 29.1 Å². The molecule has 1 unspecified atom stereocenters. The zero-order valence-corrected chi connectivity index (χ0v) is 15.8. The quantitative estimate of drug-likeness (QED) is 0.715. The van der Waals surface area contributed by atoms with Gasteiger partial charge in [-0.1, -0.05) is 24.3 Å². The summed E-state index contributed by atoms with van der Waals surface area (Å²) in [4.78, 5) is 31.8. The van der Waals surface area contributed by atoms with E-state index in [1.54, 1.807) is 6.07 Å². The Kier molecular flexibility index (Phi) is 5.42. The van der Waals surface area contributed by atoms with Crippen LogP contribution in [-0.4, -0.2) is 21.6 Å². The number of hydrogen-bond acceptors (Lipinski definition) is 4. The van der Waals surface area contributed by atoms with E-state index in [0.29, 0.717) is 16.7 Å². The Bertz CT molecular complexity index is 1010. The molecule has 26 heavy (non-hydrogen) atoms. The molecule has 0 saturated heterocycles. The van der Waals surface area contributed by atoms with E-state index in [9.17, 15) is 9.59 Å². The minimum atomic E-state index is -0.155. The van der Waals surface area contributed by atoms with E-state index in [1.165, 1.54) is 11.8 Å². The Morgan fingerprint density at radius 1 is 1.23 bits per heavy atom. The Morgan fingerprint density at radius 2 is 2.00 bits per heavy atom. The maximum atomic E-state index is 12.3. The average Bonchev–Trinajstić information content (AvgIpc) is 2.62. The summed E-state index contributed by atoms with van der Waals surface area (Å²) in [5.41, 5.74) is 3.48. The van der Waals surface area contributed by atoms with E-state index >= 15 is 0 Å². The summed E-state index contributed by atoms with van der Waals surface area (Å²) in [7, 11) is 0. The fraction of sp³-hybridized carbons (Fsp3) is 0.250. The fourth-order valence-electron chi connectivity index (χ4n) is 2.63. The summed E-state index contributed by atoms with van der Waals surface area (Å²) in [5, 5.41) is 3.42. The molecule has 0 aliphatic heterocycles. The van der Waals surface area contributed by atoms with Crippen LogP contribution in [0.15, 0.2) is 47.3 Å². The first-order chi connectivity index (χ1) is 12.4. The van der Waals surface area contributed by atoms with Crippen molar-refractivity contribution in [2.45, 2.75) is 26.0 Å². The number of carbonyl (C=O) groups excluding carboxylic acids is 1. The van der Waals surface area contributed by atoms with Gasteiger partial charge in [-0.2, -0.15) is 0 Å². The van der Waals surface area contributed by atoms with Gasteiger partial charge in [0.15, 0.2) is 0 Å². The Balaban J connectivity index is 1.67. The van der Waals surface area contributed by atoms with Gasteiger partial charge in [0.25, 0.3) is 5.56 Å². The Labute approximate surface area is 156 Å². The van der Waals surface area contributed by atoms with Crippen LogP contribution < -0.4 is 10.9 Å². The standard InChI is InChI=1S/C20H21N3O2S/c1-12-8-9-13(2)17(10-12)21-18(24)11-26-14(3)19-22-16-7-5-4-6-15(16)20(25)23-19/h4-10,14H,11H2,1-3H3,(H,21,24)(H,22,23,25). The molecule has 3 aromatic rings. The zero-order chi connectivity index (χ0) is 18.7. The molecule has 3 rings (SSSR count). The minimum Gasteiger partial charge on any atom is -0.325 e. The van der Waals surface area contributed by atoms with Gasteiger partial charge >= 0.3 is 0 Å². The fourth-order valence-corrected chi connectivity index (χ4v) is 3.38. The molecule has 134 valence electrons. The van der Waals surface area contributed by atoms with Crippen LogP contribution in [0.2, 0.25) is 0 Å². The van der Waals surface area contributed by atoms with Gasteiger partial charge in [-0.15, -0.1) is 11.8 Å². The van der Waals surface area contributed by atoms with Gasteiger partial charge in [0.1, 0.15) is 5.82 Å². The van der Waals surface area contributed by atoms with Crippen molar-refractivity contribution in [3.63, 3.8) is 0 Å². The monoisotopic (exact) mass is 367 g/mol. The maximum Gasteiger partial charge on any atom is 0.258 e. The highest BCUT2D eigenvalue weighted by Gasteiger charge is 2.14. The molecule has 5 nitrogen and oxygen atoms in total. The molecule has 0 spiro atoms. The summed E-state index contributed by atoms with van der Waals surface area (Å²) >= 11 is 1.44. The van der Waals surface area contributed by atoms with E-state index < -0.39 is 0 Å². The lowest BCUT2D eigenvalue weighted by molar-refractivity contribution is -0.113. The van der Waals surface area contributed by atoms with Crippen molar-refractivity contribution in [3.05, 3.63) is 69.8 Å². The molecule has 2 N–H and O–H groups in total. The molecular weight excluding hydrogens is 346 g/mol. The first-order valence-electron chi connectivity index (χ1n) is 8.41. The van der Waals surface area contributed by atoms with Crippen molar-refractivity contribution >= 4 is 34.3 Å². The minimum absolute atomic E-state index is 0.0707. The number of para-hydroxylation sites is 1. The molecule has 0 aliphatic carbocycles. The van der Waals surface area contributed by atoms with Gasteiger partial charge in [-0.05, 0) is 50.1 Å². The lowest BCUT2D eigenvalue weighted by Crippen LogP contribution is -2.17. The SMILES string of the molecule is Cc1ccc(C)c(NC(=O)CSC(C)c2nc3ccccc3c(=O)[nH]2)c1. The normalized spacial score (nSPS) is 12.1. The number of fused-ring (bicyclic) bond motifs is 1. The third kappa shape index (κ3) is 4.14. The Hall–Kier alpha value is -2.60. The third-order valence-corrected chi connectivity index (χ3v) is 5.30. The predicted octanol–water partition coefficient (Wildman–Crippen LogP) is 3.97. The largest absolute Gasteiger partial charge is 0.325 e. The van der Waals surface area contributed by atoms with E-state index in [2.05, 4.69) is 15.3 Å². The molecule has 6 heteroatoms. The van der Waals surface area contributed by atoms with E-state index in [1.807, 2.05) is 57.2 Å². The van der Waals surface area contributed by atoms with Crippen LogP contribution in [0.4, 0.5) is 5.69 Å². The lowest BCUT2D eigenvalue weighted by Gasteiger charge is -2.12. The molecule has 2 aromatic carbocycles. The van der Waals surface area contributed by atoms with Crippen LogP contribution in [0.25, 0.3) is 10.9 Å². The molecular formula is C20H21N3O2S. The molecule has 1 heterocycles. The average molecular weight is 367 g/mol. The number of aromatic amines is 1. The molecule has 0 radical (unpaired) electrons. The first-order valence-corrected chi connectivity index (χ1v) is 9.46. The molecule has 1 amide bonds. The molecule has 0 saturated carbocycles. The lowest BCUT2D eigenvalue weighted by atomic mass is 10.1. The number of nitrogens with zero attached hydrogens (tertiary/aromatic N) is 1. The second-order valence-corrected chi connectivity index (χ2v) is 7.62. The smallest absolute Gasteiger partial charge is 0.258 e. The van der Waals surface area contributed by atoms with Crippen molar-refractivity contribution in [1.82, 2.24) is 9.97 Å². The second-order valence-electron chi connectivity index (χ2n) is 6.29. The highest BCUT2D eigenvalue weighted by Crippen LogP contribution is 2.26. The summed E-state index contributed by atoms with van der Waals surface area (Å²) in [6.07, 6.45) is 0. The van der Waals surface area contributed by atoms with Crippen molar-refractivity contribution < 1.29 is 4.79 Å². The molecule has 0 fully saturated rings. The number of rotatable bonds is 5. The number of thioether (sulfide) groups is 1. The van der Waals surface area contributed by atoms with Crippen LogP contribution in [0.5, 0.6) is 0 Å². The number of H-pyrrole nitrogens is 1. The molecule has 0 bridgehead atoms. The first kappa shape index (κ1) is 18.2. The van der Waals surface area contributed by atoms with Gasteiger partial charge in [0.05, 0.1) is 21.9 Å². The number of benzene rings is 2. The predicted molar refractivity (Wildman–Crippen MR) is 108 cm³/mol. The van der Waals surface area contributed by atoms with Crippen molar-refractivity contribution in [1.29, 1.82) is 0 Å². The van der Waals surface area contributed by atoms with E-state index in [-0.39, 0.29) is 22.5 Å². The summed E-state index contributed by atoms with van der Waals surface area (Å²) < 4.78 is 0. The van der Waals surface area contributed by atoms with Gasteiger partial charge in [0.2, 0.25) is 5.91 Å². The van der Waals surface area contributed by atoms with Crippen molar-refractivity contribution in [2.24, 2.45) is 0 Å². The zero-order valence-electron chi connectivity index (χ0n) is 15.0. The van der Waals surface area contributed by atoms with Gasteiger partial charge < -0.3 is 10.3 Å². The number of amides is 1. The van der Waals surface area contributed by atoms with Crippen molar-refractivity contribution in [2.75, 3.05) is 11.1 Å². The highest BCUT2D eigenvalue weighted by molar-refractivity contribution is 8.00. The number of hydrogen-bond donors (Lipinski definition) is 2.